The second kappa shape index (κ2) is 21.5. The number of aromatic nitrogens is 4. The minimum Gasteiger partial charge on any atom is -0.458 e. The molecule has 0 amide bonds. The third-order valence-corrected chi connectivity index (χ3v) is 18.2. The van der Waals surface area contributed by atoms with Crippen molar-refractivity contribution >= 4 is 32.8 Å². The van der Waals surface area contributed by atoms with Crippen LogP contribution in [-0.4, -0.2) is 14.1 Å². The maximum atomic E-state index is 10.6. The summed E-state index contributed by atoms with van der Waals surface area (Å²) in [6, 6.07) is 52.0. The minimum atomic E-state index is -4.61. The molecule has 0 fully saturated rings. The first-order valence-electron chi connectivity index (χ1n) is 43.7. The number of aryl methyl sites for hydroxylation is 2. The van der Waals surface area contributed by atoms with E-state index in [1.165, 1.54) is 30.3 Å². The highest BCUT2D eigenvalue weighted by Crippen LogP contribution is 2.51. The van der Waals surface area contributed by atoms with Gasteiger partial charge < -0.3 is 4.74 Å². The smallest absolute Gasteiger partial charge is 0.269 e. The van der Waals surface area contributed by atoms with Gasteiger partial charge >= 0.3 is 0 Å². The summed E-state index contributed by atoms with van der Waals surface area (Å²) in [4.78, 5) is 4.89. The van der Waals surface area contributed by atoms with Crippen molar-refractivity contribution < 1.29 is 43.6 Å². The number of para-hydroxylation sites is 1. The molecular weight excluding hydrogens is 1130 g/mol. The van der Waals surface area contributed by atoms with Gasteiger partial charge in [0.2, 0.25) is 0 Å². The van der Waals surface area contributed by atoms with Gasteiger partial charge in [-0.2, -0.15) is 0 Å². The Labute approximate surface area is 585 Å². The van der Waals surface area contributed by atoms with E-state index < -0.39 is 110 Å². The zero-order valence-corrected chi connectivity index (χ0v) is 53.2. The highest BCUT2D eigenvalue weighted by Gasteiger charge is 2.38. The lowest BCUT2D eigenvalue weighted by atomic mass is 9.63. The normalized spacial score (nSPS) is 20.1. The van der Waals surface area contributed by atoms with Crippen molar-refractivity contribution in [3.05, 3.63) is 258 Å². The van der Waals surface area contributed by atoms with Crippen LogP contribution in [0, 0.1) is 20.0 Å². The van der Waals surface area contributed by atoms with Crippen LogP contribution >= 0.6 is 0 Å². The molecule has 1 aliphatic heterocycles. The topological polar surface area (TPSA) is 35.9 Å². The van der Waals surface area contributed by atoms with E-state index >= 15 is 0 Å². The van der Waals surface area contributed by atoms with Gasteiger partial charge in [0.15, 0.2) is 0 Å². The Kier molecular flexibility index (Phi) is 8.74. The molecular formula is C88H84N4O. The monoisotopic (exact) mass is 1240 g/mol. The molecule has 0 unspecified atom stereocenters. The van der Waals surface area contributed by atoms with Crippen LogP contribution < -0.4 is 9.30 Å². The molecule has 0 saturated carbocycles. The molecule has 3 aromatic heterocycles. The van der Waals surface area contributed by atoms with Gasteiger partial charge in [0.1, 0.15) is 17.3 Å². The number of nitrogens with zero attached hydrogens (tertiary/aromatic N) is 4. The fraction of sp³-hybridized carbons (Fsp3) is 0.250. The number of imidazole rings is 1. The Morgan fingerprint density at radius 1 is 0.495 bits per heavy atom. The zero-order chi connectivity index (χ0) is 86.0. The lowest BCUT2D eigenvalue weighted by molar-refractivity contribution is -0.570. The standard InChI is InChI=1S/C88H84N4O/c1-54-24-22-25-55(2)81(54)59-45-72(58-42-61(85(6,7)8)49-62(43-58)86(9,10)11)82-73(46-59)68-30-18-16-28-66(68)67-29-17-19-31-69(67)74-44-57(56-34-37-75-76(47-56)88(14,15)40-39-87(75,12)13)48-79-83(74)91(82)53-90(79)63-26-23-27-64(51-63)93-65-35-36-71-70-32-20-21-33-77(70)92(78(71)52-65)80-50-60(38-41-89-80)84(3,4)5/h16-38,41-52H,39-40H2,1-15H3/i1D3,2D3,12D3,13D3,14D3,15D3,34D,37D,39D2,40D2,47D. The van der Waals surface area contributed by atoms with Gasteiger partial charge in [-0.3, -0.25) is 13.7 Å². The summed E-state index contributed by atoms with van der Waals surface area (Å²) in [7, 11) is 0. The van der Waals surface area contributed by atoms with Crippen LogP contribution in [0.5, 0.6) is 11.5 Å². The minimum absolute atomic E-state index is 0.0608. The van der Waals surface area contributed by atoms with Crippen LogP contribution in [0.15, 0.2) is 212 Å². The molecule has 15 rings (SSSR count). The van der Waals surface area contributed by atoms with Gasteiger partial charge in [0.05, 0.1) is 37.6 Å². The van der Waals surface area contributed by atoms with E-state index in [1.807, 2.05) is 91.0 Å². The van der Waals surface area contributed by atoms with Crippen molar-refractivity contribution in [1.82, 2.24) is 14.1 Å². The second-order valence-electron chi connectivity index (χ2n) is 27.7. The highest BCUT2D eigenvalue weighted by molar-refractivity contribution is 6.10. The van der Waals surface area contributed by atoms with E-state index in [2.05, 4.69) is 85.3 Å². The van der Waals surface area contributed by atoms with Crippen molar-refractivity contribution in [2.45, 2.75) is 143 Å². The molecule has 0 spiro atoms. The number of pyridine rings is 1. The predicted molar refractivity (Wildman–Crippen MR) is 389 cm³/mol. The lowest BCUT2D eigenvalue weighted by Gasteiger charge is -2.42. The highest BCUT2D eigenvalue weighted by atomic mass is 16.5. The molecule has 2 aliphatic rings. The molecule has 4 heterocycles. The van der Waals surface area contributed by atoms with Crippen molar-refractivity contribution in [2.24, 2.45) is 0 Å². The zero-order valence-electron chi connectivity index (χ0n) is 78.2. The summed E-state index contributed by atoms with van der Waals surface area (Å²) >= 11 is 0. The molecule has 13 aromatic rings. The fourth-order valence-electron chi connectivity index (χ4n) is 13.3. The summed E-state index contributed by atoms with van der Waals surface area (Å²) in [5, 5.41) is 1.87. The van der Waals surface area contributed by atoms with Crippen LogP contribution in [0.2, 0.25) is 0 Å². The second-order valence-corrected chi connectivity index (χ2v) is 27.7. The summed E-state index contributed by atoms with van der Waals surface area (Å²) in [6.45, 7) is -4.25. The Morgan fingerprint density at radius 3 is 1.77 bits per heavy atom. The Bertz CT molecular complexity index is 6230. The predicted octanol–water partition coefficient (Wildman–Crippen LogP) is 23.2. The molecule has 0 radical (unpaired) electrons. The molecule has 5 nitrogen and oxygen atoms in total. The quantitative estimate of drug-likeness (QED) is 0.118. The SMILES string of the molecule is [2H]c1c([2H])c2c(c([2H])c1-c1cc3c4c(c1)n(-c1cccc(Oc5ccc6c7ccccc7n(-c7cc(C(C)(C)C)ccn7)c6c5)c1)[c-][n+]4-c1c(-c4cc(C(C)(C)C)cc(C(C)(C)C)c4)cc(-c4c(C([2H])([2H])[2H])cccc4C([2H])([2H])[2H])cc1-c1ccccc1-c1ccccc1-3)C(C([2H])([2H])[2H])(C([2H])([2H])[2H])C([2H])([2H])C([2H])([2H])C2(C([2H])([2H])[2H])C([2H])([2H])[2H]. The molecule has 0 N–H and O–H groups in total. The van der Waals surface area contributed by atoms with E-state index in [-0.39, 0.29) is 55.6 Å². The van der Waals surface area contributed by atoms with E-state index in [9.17, 15) is 17.8 Å². The van der Waals surface area contributed by atoms with Crippen molar-refractivity contribution in [1.29, 1.82) is 0 Å². The Morgan fingerprint density at radius 2 is 1.10 bits per heavy atom. The van der Waals surface area contributed by atoms with Gasteiger partial charge in [-0.25, -0.2) is 4.98 Å². The van der Waals surface area contributed by atoms with Crippen molar-refractivity contribution in [2.75, 3.05) is 0 Å². The third-order valence-electron chi connectivity index (χ3n) is 18.2. The average Bonchev–Trinajstić information content (AvgIpc) is 0.709. The Hall–Kier alpha value is -9.58. The number of hydrogen-bond donors (Lipinski definition) is 0. The third kappa shape index (κ3) is 10.2. The molecule has 462 valence electrons. The number of rotatable bonds is 7. The Balaban J connectivity index is 1.13. The van der Waals surface area contributed by atoms with Gasteiger partial charge in [-0.1, -0.05) is 223 Å². The first-order valence-corrected chi connectivity index (χ1v) is 31.2. The van der Waals surface area contributed by atoms with E-state index in [4.69, 9.17) is 26.2 Å². The van der Waals surface area contributed by atoms with Crippen LogP contribution in [0.4, 0.5) is 0 Å². The summed E-state index contributed by atoms with van der Waals surface area (Å²) in [5.41, 5.74) is -5.57. The van der Waals surface area contributed by atoms with Gasteiger partial charge in [0.25, 0.3) is 6.33 Å². The maximum absolute atomic E-state index is 10.6. The summed E-state index contributed by atoms with van der Waals surface area (Å²) in [5.74, 6) is 1.34. The lowest BCUT2D eigenvalue weighted by Crippen LogP contribution is -2.33. The number of hydrogen-bond acceptors (Lipinski definition) is 2. The fourth-order valence-corrected chi connectivity index (χ4v) is 13.3. The first kappa shape index (κ1) is 37.8. The summed E-state index contributed by atoms with van der Waals surface area (Å²) in [6.07, 6.45) is -3.67. The molecule has 5 heteroatoms. The van der Waals surface area contributed by atoms with Crippen molar-refractivity contribution in [3.8, 4) is 95.5 Å². The molecule has 93 heavy (non-hydrogen) atoms. The summed E-state index contributed by atoms with van der Waals surface area (Å²) < 4.78 is 247. The molecule has 10 aromatic carbocycles. The molecule has 0 bridgehead atoms. The van der Waals surface area contributed by atoms with E-state index in [0.717, 1.165) is 38.5 Å². The largest absolute Gasteiger partial charge is 0.458 e. The molecule has 0 atom stereocenters. The first-order chi connectivity index (χ1) is 54.5. The van der Waals surface area contributed by atoms with Crippen LogP contribution in [0.1, 0.15) is 176 Å². The number of ether oxygens (including phenoxy) is 1. The van der Waals surface area contributed by atoms with E-state index in [0.29, 0.717) is 61.9 Å². The maximum Gasteiger partial charge on any atom is 0.269 e. The number of fused-ring (bicyclic) bond motifs is 11. The van der Waals surface area contributed by atoms with Crippen LogP contribution in [-0.2, 0) is 27.1 Å². The van der Waals surface area contributed by atoms with Crippen LogP contribution in [0.25, 0.3) is 117 Å². The van der Waals surface area contributed by atoms with Gasteiger partial charge in [0, 0.05) is 53.2 Å². The molecule has 0 saturated heterocycles. The van der Waals surface area contributed by atoms with E-state index in [1.54, 1.807) is 69.9 Å². The van der Waals surface area contributed by atoms with Crippen LogP contribution in [0.3, 0.4) is 0 Å². The average molecular weight is 1240 g/mol. The number of benzene rings is 10. The molecule has 1 aliphatic carbocycles. The van der Waals surface area contributed by atoms with Gasteiger partial charge in [-0.05, 0) is 226 Å². The van der Waals surface area contributed by atoms with Crippen molar-refractivity contribution in [3.63, 3.8) is 0 Å². The van der Waals surface area contributed by atoms with Gasteiger partial charge in [-0.15, -0.1) is 0 Å².